The molecule has 0 unspecified atom stereocenters. The molecule has 1 atom stereocenters. The van der Waals surface area contributed by atoms with E-state index in [9.17, 15) is 19.8 Å². The van der Waals surface area contributed by atoms with Crippen molar-refractivity contribution in [3.8, 4) is 16.9 Å². The van der Waals surface area contributed by atoms with Crippen molar-refractivity contribution in [3.63, 3.8) is 0 Å². The Kier molecular flexibility index (Phi) is 6.63. The molecule has 2 N–H and O–H groups in total. The van der Waals surface area contributed by atoms with Crippen LogP contribution in [0.4, 0.5) is 0 Å². The van der Waals surface area contributed by atoms with Crippen molar-refractivity contribution in [2.75, 3.05) is 6.54 Å². The van der Waals surface area contributed by atoms with Crippen molar-refractivity contribution in [1.29, 1.82) is 0 Å². The molecule has 2 aromatic heterocycles. The number of benzene rings is 2. The lowest BCUT2D eigenvalue weighted by molar-refractivity contribution is -0.172. The topological polar surface area (TPSA) is 104 Å². The van der Waals surface area contributed by atoms with E-state index in [4.69, 9.17) is 16.4 Å². The summed E-state index contributed by atoms with van der Waals surface area (Å²) in [6.45, 7) is 0.328. The number of aromatic hydroxyl groups is 1. The molecule has 5 rings (SSSR count). The summed E-state index contributed by atoms with van der Waals surface area (Å²) in [5.41, 5.74) is 3.24. The zero-order valence-electron chi connectivity index (χ0n) is 19.3. The van der Waals surface area contributed by atoms with Crippen LogP contribution in [0, 0.1) is 5.92 Å². The molecule has 1 saturated carbocycles. The smallest absolute Gasteiger partial charge is 0.377 e. The van der Waals surface area contributed by atoms with Crippen LogP contribution in [0.25, 0.3) is 16.8 Å². The SMILES string of the molecule is O=C(ON(CC1CC1)[C@@H](Cc1ccc(O)cc1)C(=O)O)c1cn2cc(-c3ccc(Cl)cc3)ccc2n1. The molecule has 0 aliphatic heterocycles. The van der Waals surface area contributed by atoms with Gasteiger partial charge in [0.1, 0.15) is 17.4 Å². The van der Waals surface area contributed by atoms with Crippen molar-refractivity contribution in [1.82, 2.24) is 14.4 Å². The van der Waals surface area contributed by atoms with E-state index in [1.165, 1.54) is 17.2 Å². The van der Waals surface area contributed by atoms with Gasteiger partial charge in [-0.3, -0.25) is 4.79 Å². The van der Waals surface area contributed by atoms with Crippen molar-refractivity contribution >= 4 is 29.2 Å². The lowest BCUT2D eigenvalue weighted by Gasteiger charge is -2.27. The zero-order chi connectivity index (χ0) is 25.2. The Hall–Kier alpha value is -3.88. The molecule has 4 aromatic rings. The predicted octanol–water partition coefficient (Wildman–Crippen LogP) is 4.84. The number of rotatable bonds is 9. The lowest BCUT2D eigenvalue weighted by Crippen LogP contribution is -2.45. The van der Waals surface area contributed by atoms with Crippen LogP contribution in [-0.2, 0) is 16.1 Å². The molecule has 0 saturated heterocycles. The number of carboxylic acid groups (broad SMARTS) is 1. The van der Waals surface area contributed by atoms with Gasteiger partial charge in [-0.15, -0.1) is 5.06 Å². The van der Waals surface area contributed by atoms with Gasteiger partial charge in [0.15, 0.2) is 5.69 Å². The van der Waals surface area contributed by atoms with Gasteiger partial charge < -0.3 is 19.5 Å². The van der Waals surface area contributed by atoms with Crippen molar-refractivity contribution in [2.24, 2.45) is 5.92 Å². The third kappa shape index (κ3) is 5.50. The Morgan fingerprint density at radius 2 is 1.72 bits per heavy atom. The number of carbonyl (C=O) groups is 2. The number of phenols is 1. The number of hydrogen-bond acceptors (Lipinski definition) is 6. The fourth-order valence-electron chi connectivity index (χ4n) is 4.01. The van der Waals surface area contributed by atoms with E-state index in [0.717, 1.165) is 24.0 Å². The summed E-state index contributed by atoms with van der Waals surface area (Å²) in [6, 6.07) is 16.4. The number of phenolic OH excluding ortho intramolecular Hbond substituents is 1. The van der Waals surface area contributed by atoms with Crippen LogP contribution in [0.3, 0.4) is 0 Å². The lowest BCUT2D eigenvalue weighted by atomic mass is 10.1. The van der Waals surface area contributed by atoms with E-state index in [1.807, 2.05) is 36.5 Å². The monoisotopic (exact) mass is 505 g/mol. The van der Waals surface area contributed by atoms with Gasteiger partial charge >= 0.3 is 11.9 Å². The first kappa shape index (κ1) is 23.8. The molecule has 0 radical (unpaired) electrons. The van der Waals surface area contributed by atoms with Crippen LogP contribution >= 0.6 is 11.6 Å². The maximum absolute atomic E-state index is 13.1. The molecule has 36 heavy (non-hydrogen) atoms. The van der Waals surface area contributed by atoms with E-state index in [0.29, 0.717) is 22.8 Å². The number of fused-ring (bicyclic) bond motifs is 1. The van der Waals surface area contributed by atoms with Crippen LogP contribution in [-0.4, -0.2) is 49.2 Å². The molecule has 2 heterocycles. The molecule has 9 heteroatoms. The molecule has 0 bridgehead atoms. The number of hydroxylamine groups is 2. The minimum absolute atomic E-state index is 0.0813. The number of hydrogen-bond donors (Lipinski definition) is 2. The van der Waals surface area contributed by atoms with E-state index in [-0.39, 0.29) is 23.8 Å². The first-order valence-electron chi connectivity index (χ1n) is 11.6. The number of aromatic nitrogens is 2. The van der Waals surface area contributed by atoms with Crippen LogP contribution in [0.15, 0.2) is 73.1 Å². The predicted molar refractivity (Wildman–Crippen MR) is 134 cm³/mol. The maximum Gasteiger partial charge on any atom is 0.377 e. The number of carboxylic acids is 1. The molecule has 1 aliphatic rings. The van der Waals surface area contributed by atoms with Gasteiger partial charge in [-0.05, 0) is 71.8 Å². The summed E-state index contributed by atoms with van der Waals surface area (Å²) < 4.78 is 1.73. The zero-order valence-corrected chi connectivity index (χ0v) is 20.0. The molecular weight excluding hydrogens is 482 g/mol. The molecule has 1 fully saturated rings. The Morgan fingerprint density at radius 1 is 1.03 bits per heavy atom. The van der Waals surface area contributed by atoms with Gasteiger partial charge in [-0.25, -0.2) is 9.78 Å². The second-order valence-electron chi connectivity index (χ2n) is 8.96. The summed E-state index contributed by atoms with van der Waals surface area (Å²) >= 11 is 5.99. The number of nitrogens with zero attached hydrogens (tertiary/aromatic N) is 3. The largest absolute Gasteiger partial charge is 0.508 e. The molecule has 2 aromatic carbocycles. The van der Waals surface area contributed by atoms with Gasteiger partial charge in [0, 0.05) is 30.4 Å². The van der Waals surface area contributed by atoms with Crippen LogP contribution in [0.2, 0.25) is 5.02 Å². The van der Waals surface area contributed by atoms with Crippen LogP contribution in [0.5, 0.6) is 5.75 Å². The Morgan fingerprint density at radius 3 is 2.39 bits per heavy atom. The highest BCUT2D eigenvalue weighted by atomic mass is 35.5. The second-order valence-corrected chi connectivity index (χ2v) is 9.40. The van der Waals surface area contributed by atoms with Crippen molar-refractivity contribution < 1.29 is 24.6 Å². The summed E-state index contributed by atoms with van der Waals surface area (Å²) in [7, 11) is 0. The van der Waals surface area contributed by atoms with Crippen LogP contribution < -0.4 is 0 Å². The average molecular weight is 506 g/mol. The van der Waals surface area contributed by atoms with E-state index < -0.39 is 18.0 Å². The fourth-order valence-corrected chi connectivity index (χ4v) is 4.13. The van der Waals surface area contributed by atoms with E-state index >= 15 is 0 Å². The quantitative estimate of drug-likeness (QED) is 0.314. The molecule has 184 valence electrons. The number of halogens is 1. The highest BCUT2D eigenvalue weighted by Crippen LogP contribution is 2.31. The number of aliphatic carboxylic acids is 1. The molecule has 1 aliphatic carbocycles. The van der Waals surface area contributed by atoms with Crippen molar-refractivity contribution in [3.05, 3.63) is 89.3 Å². The van der Waals surface area contributed by atoms with E-state index in [2.05, 4.69) is 4.98 Å². The first-order chi connectivity index (χ1) is 17.4. The second kappa shape index (κ2) is 10.0. The minimum Gasteiger partial charge on any atom is -0.508 e. The fraction of sp³-hybridized carbons (Fsp3) is 0.222. The Labute approximate surface area is 212 Å². The van der Waals surface area contributed by atoms with Gasteiger partial charge in [-0.1, -0.05) is 35.9 Å². The van der Waals surface area contributed by atoms with Gasteiger partial charge in [-0.2, -0.15) is 0 Å². The van der Waals surface area contributed by atoms with E-state index in [1.54, 1.807) is 28.8 Å². The summed E-state index contributed by atoms with van der Waals surface area (Å²) in [5.74, 6) is -1.44. The highest BCUT2D eigenvalue weighted by molar-refractivity contribution is 6.30. The van der Waals surface area contributed by atoms with Gasteiger partial charge in [0.2, 0.25) is 0 Å². The molecule has 0 amide bonds. The molecule has 0 spiro atoms. The normalized spacial score (nSPS) is 14.2. The molecule has 8 nitrogen and oxygen atoms in total. The van der Waals surface area contributed by atoms with Gasteiger partial charge in [0.05, 0.1) is 0 Å². The summed E-state index contributed by atoms with van der Waals surface area (Å²) in [5, 5.41) is 21.4. The highest BCUT2D eigenvalue weighted by Gasteiger charge is 2.35. The van der Waals surface area contributed by atoms with Crippen LogP contribution in [0.1, 0.15) is 28.9 Å². The number of carbonyl (C=O) groups excluding carboxylic acids is 1. The van der Waals surface area contributed by atoms with Crippen molar-refractivity contribution in [2.45, 2.75) is 25.3 Å². The maximum atomic E-state index is 13.1. The third-order valence-electron chi connectivity index (χ3n) is 6.17. The minimum atomic E-state index is -1.10. The number of imidazole rings is 1. The Balaban J connectivity index is 1.37. The standard InChI is InChI=1S/C27H24ClN3O5/c28-21-8-5-19(6-9-21)20-7-12-25-29-23(16-30(25)15-20)27(35)36-31(14-18-1-2-18)24(26(33)34)13-17-3-10-22(32)11-4-17/h3-12,15-16,18,24,32H,1-2,13-14H2,(H,33,34)/t24-/m0/s1. The molecular formula is C27H24ClN3O5. The summed E-state index contributed by atoms with van der Waals surface area (Å²) in [6.07, 6.45) is 5.46. The third-order valence-corrected chi connectivity index (χ3v) is 6.42. The van der Waals surface area contributed by atoms with Gasteiger partial charge in [0.25, 0.3) is 0 Å². The summed E-state index contributed by atoms with van der Waals surface area (Å²) in [4.78, 5) is 35.2. The number of pyridine rings is 1. The first-order valence-corrected chi connectivity index (χ1v) is 12.0. The average Bonchev–Trinajstić information content (AvgIpc) is 3.57. The Bertz CT molecular complexity index is 1400.